The van der Waals surface area contributed by atoms with Crippen LogP contribution in [0.1, 0.15) is 30.3 Å². The summed E-state index contributed by atoms with van der Waals surface area (Å²) in [5.74, 6) is 0. The van der Waals surface area contributed by atoms with E-state index >= 15 is 0 Å². The van der Waals surface area contributed by atoms with Gasteiger partial charge in [-0.3, -0.25) is 0 Å². The van der Waals surface area contributed by atoms with Crippen molar-refractivity contribution >= 4 is 5.65 Å². The monoisotopic (exact) mass is 229 g/mol. The highest BCUT2D eigenvalue weighted by molar-refractivity contribution is 5.46. The van der Waals surface area contributed by atoms with Gasteiger partial charge in [0.1, 0.15) is 5.65 Å². The highest BCUT2D eigenvalue weighted by Gasteiger charge is 2.14. The van der Waals surface area contributed by atoms with E-state index in [1.807, 2.05) is 0 Å². The SMILES string of the molecule is CCCc1ccn2c3c(nc2c1)CCNCC3. The molecule has 0 saturated heterocycles. The first-order chi connectivity index (χ1) is 8.38. The Hall–Kier alpha value is -1.35. The molecule has 17 heavy (non-hydrogen) atoms. The number of aromatic nitrogens is 2. The minimum Gasteiger partial charge on any atom is -0.316 e. The van der Waals surface area contributed by atoms with Crippen molar-refractivity contribution in [3.8, 4) is 0 Å². The minimum absolute atomic E-state index is 1.05. The van der Waals surface area contributed by atoms with Crippen LogP contribution in [0.2, 0.25) is 0 Å². The van der Waals surface area contributed by atoms with Crippen molar-refractivity contribution in [3.05, 3.63) is 35.3 Å². The van der Waals surface area contributed by atoms with E-state index < -0.39 is 0 Å². The van der Waals surface area contributed by atoms with Crippen molar-refractivity contribution in [2.75, 3.05) is 13.1 Å². The highest BCUT2D eigenvalue weighted by Crippen LogP contribution is 2.17. The summed E-state index contributed by atoms with van der Waals surface area (Å²) in [6.07, 6.45) is 6.68. The molecule has 0 unspecified atom stereocenters. The molecule has 0 fully saturated rings. The van der Waals surface area contributed by atoms with Crippen LogP contribution in [-0.2, 0) is 19.3 Å². The van der Waals surface area contributed by atoms with Crippen LogP contribution in [0.5, 0.6) is 0 Å². The van der Waals surface area contributed by atoms with Gasteiger partial charge in [0, 0.05) is 37.8 Å². The van der Waals surface area contributed by atoms with Gasteiger partial charge in [0.05, 0.1) is 5.69 Å². The van der Waals surface area contributed by atoms with Crippen LogP contribution in [0.4, 0.5) is 0 Å². The Balaban J connectivity index is 2.07. The molecule has 0 spiro atoms. The summed E-state index contributed by atoms with van der Waals surface area (Å²) >= 11 is 0. The van der Waals surface area contributed by atoms with Crippen LogP contribution in [0.3, 0.4) is 0 Å². The quantitative estimate of drug-likeness (QED) is 0.853. The predicted octanol–water partition coefficient (Wildman–Crippen LogP) is 1.98. The highest BCUT2D eigenvalue weighted by atomic mass is 15.0. The van der Waals surface area contributed by atoms with Crippen LogP contribution in [0.15, 0.2) is 18.3 Å². The number of fused-ring (bicyclic) bond motifs is 3. The molecular weight excluding hydrogens is 210 g/mol. The van der Waals surface area contributed by atoms with Crippen LogP contribution < -0.4 is 5.32 Å². The predicted molar refractivity (Wildman–Crippen MR) is 69.5 cm³/mol. The van der Waals surface area contributed by atoms with Gasteiger partial charge in [0.15, 0.2) is 0 Å². The molecule has 3 nitrogen and oxygen atoms in total. The zero-order chi connectivity index (χ0) is 11.7. The molecule has 90 valence electrons. The lowest BCUT2D eigenvalue weighted by molar-refractivity contribution is 0.702. The Morgan fingerprint density at radius 2 is 2.24 bits per heavy atom. The molecule has 0 bridgehead atoms. The second-order valence-corrected chi connectivity index (χ2v) is 4.77. The molecule has 0 radical (unpaired) electrons. The fraction of sp³-hybridized carbons (Fsp3) is 0.500. The van der Waals surface area contributed by atoms with Crippen molar-refractivity contribution in [1.29, 1.82) is 0 Å². The first-order valence-electron chi connectivity index (χ1n) is 6.58. The Kier molecular flexibility index (Phi) is 2.85. The Morgan fingerprint density at radius 1 is 1.35 bits per heavy atom. The van der Waals surface area contributed by atoms with Crippen molar-refractivity contribution in [2.45, 2.75) is 32.6 Å². The maximum atomic E-state index is 4.78. The lowest BCUT2D eigenvalue weighted by atomic mass is 10.1. The molecule has 2 aromatic heterocycles. The summed E-state index contributed by atoms with van der Waals surface area (Å²) in [6.45, 7) is 4.34. The summed E-state index contributed by atoms with van der Waals surface area (Å²) in [4.78, 5) is 4.78. The molecule has 2 aromatic rings. The number of aryl methyl sites for hydroxylation is 1. The van der Waals surface area contributed by atoms with Gasteiger partial charge in [-0.25, -0.2) is 4.98 Å². The van der Waals surface area contributed by atoms with Crippen molar-refractivity contribution in [2.24, 2.45) is 0 Å². The number of nitrogens with one attached hydrogen (secondary N) is 1. The molecule has 0 aromatic carbocycles. The molecule has 0 aliphatic carbocycles. The van der Waals surface area contributed by atoms with E-state index in [-0.39, 0.29) is 0 Å². The third-order valence-electron chi connectivity index (χ3n) is 3.49. The Morgan fingerprint density at radius 3 is 3.12 bits per heavy atom. The van der Waals surface area contributed by atoms with E-state index in [1.165, 1.54) is 23.4 Å². The molecule has 1 aliphatic heterocycles. The molecule has 0 amide bonds. The van der Waals surface area contributed by atoms with E-state index in [9.17, 15) is 0 Å². The zero-order valence-electron chi connectivity index (χ0n) is 10.4. The number of imidazole rings is 1. The summed E-state index contributed by atoms with van der Waals surface area (Å²) in [6, 6.07) is 4.47. The smallest absolute Gasteiger partial charge is 0.137 e. The molecule has 1 N–H and O–H groups in total. The number of nitrogens with zero attached hydrogens (tertiary/aromatic N) is 2. The number of pyridine rings is 1. The average molecular weight is 229 g/mol. The molecular formula is C14H19N3. The van der Waals surface area contributed by atoms with E-state index in [2.05, 4.69) is 35.0 Å². The van der Waals surface area contributed by atoms with E-state index in [4.69, 9.17) is 4.98 Å². The second kappa shape index (κ2) is 4.49. The molecule has 3 rings (SSSR count). The van der Waals surface area contributed by atoms with Gasteiger partial charge in [-0.05, 0) is 24.1 Å². The van der Waals surface area contributed by atoms with Gasteiger partial charge in [0.25, 0.3) is 0 Å². The third-order valence-corrected chi connectivity index (χ3v) is 3.49. The van der Waals surface area contributed by atoms with Gasteiger partial charge in [0.2, 0.25) is 0 Å². The van der Waals surface area contributed by atoms with E-state index in [1.54, 1.807) is 0 Å². The largest absolute Gasteiger partial charge is 0.316 e. The van der Waals surface area contributed by atoms with Crippen LogP contribution in [-0.4, -0.2) is 22.5 Å². The van der Waals surface area contributed by atoms with Crippen molar-refractivity contribution in [3.63, 3.8) is 0 Å². The van der Waals surface area contributed by atoms with Crippen LogP contribution in [0, 0.1) is 0 Å². The first kappa shape index (κ1) is 10.8. The fourth-order valence-corrected chi connectivity index (χ4v) is 2.63. The normalized spacial score (nSPS) is 15.8. The minimum atomic E-state index is 1.05. The molecule has 3 heteroatoms. The number of hydrogen-bond acceptors (Lipinski definition) is 2. The number of hydrogen-bond donors (Lipinski definition) is 1. The van der Waals surface area contributed by atoms with Crippen LogP contribution in [0.25, 0.3) is 5.65 Å². The van der Waals surface area contributed by atoms with E-state index in [0.29, 0.717) is 0 Å². The summed E-state index contributed by atoms with van der Waals surface area (Å²) < 4.78 is 2.27. The molecule has 0 atom stereocenters. The lowest BCUT2D eigenvalue weighted by Gasteiger charge is -2.03. The summed E-state index contributed by atoms with van der Waals surface area (Å²) in [5, 5.41) is 3.42. The zero-order valence-corrected chi connectivity index (χ0v) is 10.4. The fourth-order valence-electron chi connectivity index (χ4n) is 2.63. The molecule has 0 saturated carbocycles. The topological polar surface area (TPSA) is 29.3 Å². The molecule has 3 heterocycles. The average Bonchev–Trinajstić information content (AvgIpc) is 2.52. The Labute approximate surface area is 102 Å². The standard InChI is InChI=1S/C14H19N3/c1-2-3-11-6-9-17-13-5-8-15-7-4-12(13)16-14(17)10-11/h6,9-10,15H,2-5,7-8H2,1H3. The summed E-state index contributed by atoms with van der Waals surface area (Å²) in [5.41, 5.74) is 5.21. The van der Waals surface area contributed by atoms with E-state index in [0.717, 1.165) is 38.0 Å². The van der Waals surface area contributed by atoms with Gasteiger partial charge in [-0.1, -0.05) is 13.3 Å². The maximum Gasteiger partial charge on any atom is 0.137 e. The maximum absolute atomic E-state index is 4.78. The van der Waals surface area contributed by atoms with Gasteiger partial charge in [-0.15, -0.1) is 0 Å². The first-order valence-corrected chi connectivity index (χ1v) is 6.58. The summed E-state index contributed by atoms with van der Waals surface area (Å²) in [7, 11) is 0. The van der Waals surface area contributed by atoms with Crippen LogP contribution >= 0.6 is 0 Å². The number of rotatable bonds is 2. The van der Waals surface area contributed by atoms with Crippen molar-refractivity contribution < 1.29 is 0 Å². The lowest BCUT2D eigenvalue weighted by Crippen LogP contribution is -2.16. The van der Waals surface area contributed by atoms with Crippen molar-refractivity contribution in [1.82, 2.24) is 14.7 Å². The second-order valence-electron chi connectivity index (χ2n) is 4.77. The van der Waals surface area contributed by atoms with Gasteiger partial charge < -0.3 is 9.72 Å². The third kappa shape index (κ3) is 1.95. The van der Waals surface area contributed by atoms with Gasteiger partial charge >= 0.3 is 0 Å². The molecule has 1 aliphatic rings. The Bertz CT molecular complexity index is 527. The van der Waals surface area contributed by atoms with Gasteiger partial charge in [-0.2, -0.15) is 0 Å².